The van der Waals surface area contributed by atoms with Crippen LogP contribution in [0.2, 0.25) is 0 Å². The lowest BCUT2D eigenvalue weighted by Crippen LogP contribution is -2.04. The third-order valence-electron chi connectivity index (χ3n) is 9.26. The molecule has 1 aromatic heterocycles. The normalized spacial score (nSPS) is 14.5. The van der Waals surface area contributed by atoms with Crippen molar-refractivity contribution in [3.63, 3.8) is 0 Å². The molecule has 2 N–H and O–H groups in total. The van der Waals surface area contributed by atoms with Crippen molar-refractivity contribution in [1.29, 1.82) is 0 Å². The second kappa shape index (κ2) is 13.8. The first-order valence-corrected chi connectivity index (χ1v) is 16.5. The highest BCUT2D eigenvalue weighted by atomic mass is 14.7. The van der Waals surface area contributed by atoms with Crippen molar-refractivity contribution in [2.45, 2.75) is 13.3 Å². The zero-order valence-electron chi connectivity index (χ0n) is 27.2. The summed E-state index contributed by atoms with van der Waals surface area (Å²) in [5, 5.41) is 2.38. The van der Waals surface area contributed by atoms with Gasteiger partial charge in [-0.2, -0.15) is 0 Å². The van der Waals surface area contributed by atoms with Crippen molar-refractivity contribution in [3.05, 3.63) is 193 Å². The van der Waals surface area contributed by atoms with Crippen LogP contribution in [0.1, 0.15) is 17.5 Å². The van der Waals surface area contributed by atoms with Crippen LogP contribution in [0, 0.1) is 12.8 Å². The van der Waals surface area contributed by atoms with Crippen molar-refractivity contribution in [1.82, 2.24) is 4.98 Å². The smallest absolute Gasteiger partial charge is 0.0744 e. The Morgan fingerprint density at radius 2 is 1.35 bits per heavy atom. The van der Waals surface area contributed by atoms with Crippen LogP contribution in [-0.4, -0.2) is 4.98 Å². The molecule has 1 aliphatic carbocycles. The quantitative estimate of drug-likeness (QED) is 0.172. The molecular formula is C46H38N2. The summed E-state index contributed by atoms with van der Waals surface area (Å²) in [5.41, 5.74) is 19.2. The minimum atomic E-state index is 0.255. The molecule has 5 aromatic carbocycles. The third-order valence-corrected chi connectivity index (χ3v) is 9.26. The number of fused-ring (bicyclic) bond motifs is 1. The standard InChI is InChI=1S/C46H38N2/c1-32(39(23-14-30-47)34-15-6-3-7-16-34)40-28-29-41(43-22-13-12-21-42(40)43)36-24-26-37(27-25-36)45-31-44(35-17-8-4-9-18-35)33(2)46(48-45)38-19-10-5-11-20-38/h3-15,17-31,34H,1,16,47H2,2H3/b30-14-,39-23+. The van der Waals surface area contributed by atoms with Gasteiger partial charge in [-0.15, -0.1) is 0 Å². The highest BCUT2D eigenvalue weighted by Gasteiger charge is 2.19. The molecule has 7 rings (SSSR count). The summed E-state index contributed by atoms with van der Waals surface area (Å²) in [6.45, 7) is 6.78. The molecule has 0 saturated heterocycles. The summed E-state index contributed by atoms with van der Waals surface area (Å²) in [6.07, 6.45) is 15.2. The fourth-order valence-corrected chi connectivity index (χ4v) is 6.76. The second-order valence-corrected chi connectivity index (χ2v) is 12.2. The highest BCUT2D eigenvalue weighted by Crippen LogP contribution is 2.40. The predicted octanol–water partition coefficient (Wildman–Crippen LogP) is 11.8. The van der Waals surface area contributed by atoms with E-state index in [0.29, 0.717) is 0 Å². The van der Waals surface area contributed by atoms with Crippen LogP contribution >= 0.6 is 0 Å². The van der Waals surface area contributed by atoms with Gasteiger partial charge in [0, 0.05) is 17.0 Å². The van der Waals surface area contributed by atoms with Gasteiger partial charge >= 0.3 is 0 Å². The van der Waals surface area contributed by atoms with E-state index >= 15 is 0 Å². The highest BCUT2D eigenvalue weighted by molar-refractivity contribution is 6.04. The van der Waals surface area contributed by atoms with Crippen molar-refractivity contribution in [2.24, 2.45) is 11.7 Å². The summed E-state index contributed by atoms with van der Waals surface area (Å²) in [6, 6.07) is 45.2. The molecule has 1 heterocycles. The number of hydrogen-bond donors (Lipinski definition) is 1. The monoisotopic (exact) mass is 618 g/mol. The Kier molecular flexibility index (Phi) is 8.80. The predicted molar refractivity (Wildman–Crippen MR) is 205 cm³/mol. The lowest BCUT2D eigenvalue weighted by molar-refractivity contribution is 0.792. The minimum absolute atomic E-state index is 0.255. The van der Waals surface area contributed by atoms with E-state index in [4.69, 9.17) is 10.7 Å². The number of pyridine rings is 1. The molecule has 2 nitrogen and oxygen atoms in total. The molecule has 2 heteroatoms. The third kappa shape index (κ3) is 6.09. The Morgan fingerprint density at radius 1 is 0.708 bits per heavy atom. The molecule has 0 radical (unpaired) electrons. The average molecular weight is 619 g/mol. The van der Waals surface area contributed by atoms with Gasteiger partial charge in [0.15, 0.2) is 0 Å². The van der Waals surface area contributed by atoms with Crippen LogP contribution in [-0.2, 0) is 0 Å². The van der Waals surface area contributed by atoms with E-state index in [1.165, 1.54) is 38.6 Å². The SMILES string of the molecule is C=C(/C(=C\C=C/N)C1C=CC=CC1)c1ccc(-c2ccc(-c3cc(-c4ccccc4)c(C)c(-c4ccccc4)n3)cc2)c2ccccc12. The zero-order chi connectivity index (χ0) is 32.9. The fraction of sp³-hybridized carbons (Fsp3) is 0.0652. The molecule has 232 valence electrons. The average Bonchev–Trinajstić information content (AvgIpc) is 3.16. The maximum atomic E-state index is 5.75. The second-order valence-electron chi connectivity index (χ2n) is 12.2. The summed E-state index contributed by atoms with van der Waals surface area (Å²) < 4.78 is 0. The van der Waals surface area contributed by atoms with Crippen molar-refractivity contribution >= 4 is 16.3 Å². The van der Waals surface area contributed by atoms with Gasteiger partial charge in [-0.25, -0.2) is 4.98 Å². The van der Waals surface area contributed by atoms with Gasteiger partial charge in [0.2, 0.25) is 0 Å². The van der Waals surface area contributed by atoms with Gasteiger partial charge in [-0.1, -0.05) is 158 Å². The van der Waals surface area contributed by atoms with E-state index in [9.17, 15) is 0 Å². The van der Waals surface area contributed by atoms with E-state index in [0.717, 1.165) is 45.6 Å². The Labute approximate surface area is 283 Å². The van der Waals surface area contributed by atoms with Crippen LogP contribution in [0.25, 0.3) is 61.1 Å². The van der Waals surface area contributed by atoms with Crippen molar-refractivity contribution in [2.75, 3.05) is 0 Å². The van der Waals surface area contributed by atoms with Crippen LogP contribution in [0.15, 0.2) is 182 Å². The number of allylic oxidation sites excluding steroid dienone is 8. The van der Waals surface area contributed by atoms with Crippen LogP contribution in [0.5, 0.6) is 0 Å². The van der Waals surface area contributed by atoms with Crippen molar-refractivity contribution < 1.29 is 0 Å². The molecule has 48 heavy (non-hydrogen) atoms. The zero-order valence-corrected chi connectivity index (χ0v) is 27.2. The Morgan fingerprint density at radius 3 is 2.04 bits per heavy atom. The van der Waals surface area contributed by atoms with E-state index in [1.54, 1.807) is 6.20 Å². The summed E-state index contributed by atoms with van der Waals surface area (Å²) in [7, 11) is 0. The molecule has 0 aliphatic heterocycles. The fourth-order valence-electron chi connectivity index (χ4n) is 6.76. The van der Waals surface area contributed by atoms with Crippen molar-refractivity contribution in [3.8, 4) is 44.8 Å². The number of rotatable bonds is 8. The number of hydrogen-bond acceptors (Lipinski definition) is 2. The first-order chi connectivity index (χ1) is 23.6. The Hall–Kier alpha value is -5.99. The lowest BCUT2D eigenvalue weighted by atomic mass is 9.82. The maximum Gasteiger partial charge on any atom is 0.0744 e. The van der Waals surface area contributed by atoms with Crippen LogP contribution in [0.4, 0.5) is 0 Å². The first-order valence-electron chi connectivity index (χ1n) is 16.5. The molecule has 0 amide bonds. The topological polar surface area (TPSA) is 38.9 Å². The van der Waals surface area contributed by atoms with Gasteiger partial charge < -0.3 is 5.73 Å². The largest absolute Gasteiger partial charge is 0.405 e. The molecule has 6 aromatic rings. The number of benzene rings is 5. The number of nitrogens with zero attached hydrogens (tertiary/aromatic N) is 1. The maximum absolute atomic E-state index is 5.75. The van der Waals surface area contributed by atoms with Crippen LogP contribution < -0.4 is 5.73 Å². The number of nitrogens with two attached hydrogens (primary N) is 1. The molecule has 1 atom stereocenters. The van der Waals surface area contributed by atoms with Gasteiger partial charge in [0.05, 0.1) is 11.4 Å². The molecule has 1 aliphatic rings. The summed E-state index contributed by atoms with van der Waals surface area (Å²) >= 11 is 0. The van der Waals surface area contributed by atoms with E-state index < -0.39 is 0 Å². The van der Waals surface area contributed by atoms with Gasteiger partial charge in [-0.3, -0.25) is 0 Å². The molecule has 0 bridgehead atoms. The molecule has 0 spiro atoms. The van der Waals surface area contributed by atoms with E-state index in [-0.39, 0.29) is 5.92 Å². The Bertz CT molecular complexity index is 2160. The molecule has 0 saturated carbocycles. The van der Waals surface area contributed by atoms with Gasteiger partial charge in [0.1, 0.15) is 0 Å². The van der Waals surface area contributed by atoms with Crippen LogP contribution in [0.3, 0.4) is 0 Å². The first kappa shape index (κ1) is 30.7. The van der Waals surface area contributed by atoms with Gasteiger partial charge in [0.25, 0.3) is 0 Å². The van der Waals surface area contributed by atoms with E-state index in [1.807, 2.05) is 12.1 Å². The van der Waals surface area contributed by atoms with Gasteiger partial charge in [-0.05, 0) is 87.0 Å². The Balaban J connectivity index is 1.28. The lowest BCUT2D eigenvalue weighted by Gasteiger charge is -2.21. The summed E-state index contributed by atoms with van der Waals surface area (Å²) in [4.78, 5) is 5.22. The molecule has 0 fully saturated rings. The minimum Gasteiger partial charge on any atom is -0.405 e. The summed E-state index contributed by atoms with van der Waals surface area (Å²) in [5.74, 6) is 0.255. The van der Waals surface area contributed by atoms with E-state index in [2.05, 4.69) is 165 Å². The molecular weight excluding hydrogens is 581 g/mol. The molecule has 1 unspecified atom stereocenters. The number of aromatic nitrogens is 1.